The first-order chi connectivity index (χ1) is 7.29. The summed E-state index contributed by atoms with van der Waals surface area (Å²) in [4.78, 5) is 16.2. The van der Waals surface area contributed by atoms with Gasteiger partial charge in [0.05, 0.1) is 4.95 Å². The number of carbonyl (C=O) groups excluding carboxylic acids is 1. The third-order valence-electron chi connectivity index (χ3n) is 2.47. The van der Waals surface area contributed by atoms with E-state index in [1.807, 2.05) is 20.8 Å². The Bertz CT molecular complexity index is 243. The minimum Gasteiger partial charge on any atom is -0.444 e. The average Bonchev–Trinajstić information content (AvgIpc) is 2.15. The molecule has 0 aliphatic carbocycles. The molecule has 1 saturated heterocycles. The number of amides is 1. The Kier molecular flexibility index (Phi) is 4.62. The van der Waals surface area contributed by atoms with Crippen LogP contribution in [0.2, 0.25) is 0 Å². The van der Waals surface area contributed by atoms with Crippen molar-refractivity contribution in [1.29, 1.82) is 0 Å². The van der Waals surface area contributed by atoms with Gasteiger partial charge in [0, 0.05) is 26.2 Å². The Labute approximate surface area is 106 Å². The van der Waals surface area contributed by atoms with Gasteiger partial charge in [-0.05, 0) is 27.7 Å². The van der Waals surface area contributed by atoms with Gasteiger partial charge in [-0.15, -0.1) is 0 Å². The van der Waals surface area contributed by atoms with Crippen molar-refractivity contribution in [3.05, 3.63) is 0 Å². The van der Waals surface area contributed by atoms with E-state index in [1.165, 1.54) is 0 Å². The van der Waals surface area contributed by atoms with Crippen molar-refractivity contribution < 1.29 is 9.53 Å². The molecule has 1 aliphatic rings. The van der Waals surface area contributed by atoms with Gasteiger partial charge in [-0.3, -0.25) is 4.90 Å². The Morgan fingerprint density at radius 3 is 2.12 bits per heavy atom. The molecule has 1 amide bonds. The number of carbonyl (C=O) groups is 1. The Morgan fingerprint density at radius 2 is 1.75 bits per heavy atom. The van der Waals surface area contributed by atoms with Crippen LogP contribution in [0.4, 0.5) is 4.79 Å². The summed E-state index contributed by atoms with van der Waals surface area (Å²) in [5, 5.41) is 0. The van der Waals surface area contributed by atoms with Crippen LogP contribution in [0.25, 0.3) is 0 Å². The number of halogens is 1. The quantitative estimate of drug-likeness (QED) is 0.549. The van der Waals surface area contributed by atoms with E-state index in [0.717, 1.165) is 26.2 Å². The summed E-state index contributed by atoms with van der Waals surface area (Å²) in [6.45, 7) is 11.0. The lowest BCUT2D eigenvalue weighted by molar-refractivity contribution is 0.0142. The molecule has 5 heteroatoms. The molecule has 1 fully saturated rings. The van der Waals surface area contributed by atoms with E-state index in [-0.39, 0.29) is 6.09 Å². The molecule has 0 N–H and O–H groups in total. The third-order valence-corrected chi connectivity index (χ3v) is 3.05. The molecule has 1 aliphatic heterocycles. The summed E-state index contributed by atoms with van der Waals surface area (Å²) in [6, 6.07) is 0. The van der Waals surface area contributed by atoms with Gasteiger partial charge in [0.15, 0.2) is 0 Å². The van der Waals surface area contributed by atoms with Crippen molar-refractivity contribution in [2.45, 2.75) is 38.2 Å². The topological polar surface area (TPSA) is 32.8 Å². The second kappa shape index (κ2) is 5.36. The zero-order chi connectivity index (χ0) is 12.3. The molecule has 0 aromatic carbocycles. The van der Waals surface area contributed by atoms with E-state index in [0.29, 0.717) is 4.95 Å². The minimum atomic E-state index is -0.406. The normalized spacial score (nSPS) is 20.7. The molecular weight excluding hydrogens is 272 g/mol. The zero-order valence-electron chi connectivity index (χ0n) is 10.5. The molecule has 4 nitrogen and oxygen atoms in total. The predicted octanol–water partition coefficient (Wildman–Crippen LogP) is 2.28. The second-order valence-electron chi connectivity index (χ2n) is 5.08. The fourth-order valence-corrected chi connectivity index (χ4v) is 2.00. The number of piperazine rings is 1. The predicted molar refractivity (Wildman–Crippen MR) is 67.8 cm³/mol. The highest BCUT2D eigenvalue weighted by molar-refractivity contribution is 9.09. The first kappa shape index (κ1) is 13.8. The van der Waals surface area contributed by atoms with Crippen LogP contribution in [0.5, 0.6) is 0 Å². The Hall–Kier alpha value is -0.290. The minimum absolute atomic E-state index is 0.200. The van der Waals surface area contributed by atoms with Crippen LogP contribution in [0.3, 0.4) is 0 Å². The summed E-state index contributed by atoms with van der Waals surface area (Å²) < 4.78 is 5.33. The highest BCUT2D eigenvalue weighted by Gasteiger charge is 2.26. The van der Waals surface area contributed by atoms with E-state index < -0.39 is 5.60 Å². The van der Waals surface area contributed by atoms with Gasteiger partial charge in [0.1, 0.15) is 5.60 Å². The van der Waals surface area contributed by atoms with E-state index in [9.17, 15) is 4.79 Å². The molecule has 1 heterocycles. The van der Waals surface area contributed by atoms with Gasteiger partial charge in [0.25, 0.3) is 0 Å². The van der Waals surface area contributed by atoms with Gasteiger partial charge in [-0.1, -0.05) is 15.9 Å². The highest BCUT2D eigenvalue weighted by Crippen LogP contribution is 2.14. The number of rotatable bonds is 1. The van der Waals surface area contributed by atoms with Gasteiger partial charge in [-0.25, -0.2) is 4.79 Å². The highest BCUT2D eigenvalue weighted by atomic mass is 79.9. The van der Waals surface area contributed by atoms with Crippen LogP contribution in [0.15, 0.2) is 0 Å². The average molecular weight is 293 g/mol. The van der Waals surface area contributed by atoms with E-state index >= 15 is 0 Å². The van der Waals surface area contributed by atoms with E-state index in [4.69, 9.17) is 4.74 Å². The number of hydrogen-bond donors (Lipinski definition) is 0. The molecule has 0 spiro atoms. The maximum Gasteiger partial charge on any atom is 0.410 e. The summed E-state index contributed by atoms with van der Waals surface area (Å²) in [7, 11) is 0. The molecule has 0 bridgehead atoms. The van der Waals surface area contributed by atoms with Crippen molar-refractivity contribution in [2.24, 2.45) is 0 Å². The SMILES string of the molecule is CC(Br)N1CCN(C(=O)OC(C)(C)C)CC1. The molecule has 0 radical (unpaired) electrons. The lowest BCUT2D eigenvalue weighted by Gasteiger charge is -2.36. The molecule has 0 aromatic rings. The molecule has 1 unspecified atom stereocenters. The van der Waals surface area contributed by atoms with Gasteiger partial charge < -0.3 is 9.64 Å². The lowest BCUT2D eigenvalue weighted by atomic mass is 10.2. The summed E-state index contributed by atoms with van der Waals surface area (Å²) in [5.41, 5.74) is -0.406. The standard InChI is InChI=1S/C11H21BrN2O2/c1-9(12)13-5-7-14(8-6-13)10(15)16-11(2,3)4/h9H,5-8H2,1-4H3. The Morgan fingerprint density at radius 1 is 1.25 bits per heavy atom. The van der Waals surface area contributed by atoms with Gasteiger partial charge in [0.2, 0.25) is 0 Å². The first-order valence-electron chi connectivity index (χ1n) is 5.65. The van der Waals surface area contributed by atoms with Crippen LogP contribution < -0.4 is 0 Å². The van der Waals surface area contributed by atoms with Gasteiger partial charge in [-0.2, -0.15) is 0 Å². The number of hydrogen-bond acceptors (Lipinski definition) is 3. The Balaban J connectivity index is 2.39. The smallest absolute Gasteiger partial charge is 0.410 e. The summed E-state index contributed by atoms with van der Waals surface area (Å²) in [6.07, 6.45) is -0.200. The molecule has 0 aromatic heterocycles. The van der Waals surface area contributed by atoms with E-state index in [1.54, 1.807) is 4.90 Å². The summed E-state index contributed by atoms with van der Waals surface area (Å²) >= 11 is 3.53. The first-order valence-corrected chi connectivity index (χ1v) is 6.57. The maximum absolute atomic E-state index is 11.8. The van der Waals surface area contributed by atoms with Crippen molar-refractivity contribution in [3.63, 3.8) is 0 Å². The van der Waals surface area contributed by atoms with Crippen molar-refractivity contribution >= 4 is 22.0 Å². The largest absolute Gasteiger partial charge is 0.444 e. The van der Waals surface area contributed by atoms with Crippen LogP contribution in [0, 0.1) is 0 Å². The molecule has 94 valence electrons. The van der Waals surface area contributed by atoms with Crippen molar-refractivity contribution in [1.82, 2.24) is 9.80 Å². The van der Waals surface area contributed by atoms with Gasteiger partial charge >= 0.3 is 6.09 Å². The molecular formula is C11H21BrN2O2. The number of ether oxygens (including phenoxy) is 1. The zero-order valence-corrected chi connectivity index (χ0v) is 12.1. The van der Waals surface area contributed by atoms with Crippen LogP contribution in [0.1, 0.15) is 27.7 Å². The maximum atomic E-state index is 11.8. The number of alkyl halides is 1. The van der Waals surface area contributed by atoms with Crippen molar-refractivity contribution in [3.8, 4) is 0 Å². The van der Waals surface area contributed by atoms with E-state index in [2.05, 4.69) is 27.8 Å². The number of nitrogens with zero attached hydrogens (tertiary/aromatic N) is 2. The molecule has 0 saturated carbocycles. The third kappa shape index (κ3) is 4.29. The van der Waals surface area contributed by atoms with Crippen LogP contribution >= 0.6 is 15.9 Å². The summed E-state index contributed by atoms with van der Waals surface area (Å²) in [5.74, 6) is 0. The monoisotopic (exact) mass is 292 g/mol. The second-order valence-corrected chi connectivity index (χ2v) is 6.40. The molecule has 16 heavy (non-hydrogen) atoms. The molecule has 1 rings (SSSR count). The molecule has 1 atom stereocenters. The van der Waals surface area contributed by atoms with Crippen molar-refractivity contribution in [2.75, 3.05) is 26.2 Å². The fraction of sp³-hybridized carbons (Fsp3) is 0.909. The van der Waals surface area contributed by atoms with Crippen LogP contribution in [-0.4, -0.2) is 52.6 Å². The lowest BCUT2D eigenvalue weighted by Crippen LogP contribution is -2.51. The fourth-order valence-electron chi connectivity index (χ4n) is 1.59. The van der Waals surface area contributed by atoms with Crippen LogP contribution in [-0.2, 0) is 4.74 Å².